The lowest BCUT2D eigenvalue weighted by Crippen LogP contribution is -2.19. The molecule has 4 rings (SSSR count). The molecule has 4 aromatic carbocycles. The average Bonchev–Trinajstić information content (AvgIpc) is 2.82. The molecule has 2 amide bonds. The summed E-state index contributed by atoms with van der Waals surface area (Å²) in [6, 6.07) is 25.8. The summed E-state index contributed by atoms with van der Waals surface area (Å²) in [6.07, 6.45) is 0. The summed E-state index contributed by atoms with van der Waals surface area (Å²) < 4.78 is 41.8. The highest BCUT2D eigenvalue weighted by atomic mass is 32.2. The van der Waals surface area contributed by atoms with Gasteiger partial charge in [-0.15, -0.1) is 0 Å². The standard InChI is InChI=1S/C26H22FN3O3S/c1-18-16-23(29-26(31)28-22-7-3-2-4-8-22)14-15-25(18)30-34(32,33)24-9-5-6-20(17-24)19-10-12-21(27)13-11-19/h2-17,30H,1H3,(H2,28,29,31). The summed E-state index contributed by atoms with van der Waals surface area (Å²) in [5, 5.41) is 5.45. The van der Waals surface area contributed by atoms with Gasteiger partial charge in [0.1, 0.15) is 5.82 Å². The third-order valence-electron chi connectivity index (χ3n) is 5.08. The van der Waals surface area contributed by atoms with Gasteiger partial charge in [-0.05, 0) is 78.2 Å². The molecule has 0 fully saturated rings. The molecular weight excluding hydrogens is 453 g/mol. The van der Waals surface area contributed by atoms with Crippen LogP contribution in [0.3, 0.4) is 0 Å². The summed E-state index contributed by atoms with van der Waals surface area (Å²) in [5.41, 5.74) is 3.57. The van der Waals surface area contributed by atoms with E-state index in [2.05, 4.69) is 15.4 Å². The number of anilines is 3. The van der Waals surface area contributed by atoms with Crippen LogP contribution in [0.2, 0.25) is 0 Å². The van der Waals surface area contributed by atoms with Crippen LogP contribution in [0.1, 0.15) is 5.56 Å². The van der Waals surface area contributed by atoms with Crippen LogP contribution in [-0.2, 0) is 10.0 Å². The number of nitrogens with one attached hydrogen (secondary N) is 3. The molecule has 0 radical (unpaired) electrons. The molecule has 4 aromatic rings. The van der Waals surface area contributed by atoms with Gasteiger partial charge in [0.2, 0.25) is 0 Å². The topological polar surface area (TPSA) is 87.3 Å². The monoisotopic (exact) mass is 475 g/mol. The maximum atomic E-state index is 13.2. The van der Waals surface area contributed by atoms with Crippen molar-refractivity contribution in [3.63, 3.8) is 0 Å². The van der Waals surface area contributed by atoms with Crippen LogP contribution >= 0.6 is 0 Å². The zero-order valence-corrected chi connectivity index (χ0v) is 19.1. The number of carbonyl (C=O) groups excluding carboxylic acids is 1. The largest absolute Gasteiger partial charge is 0.323 e. The number of hydrogen-bond acceptors (Lipinski definition) is 3. The Morgan fingerprint density at radius 3 is 2.15 bits per heavy atom. The molecule has 8 heteroatoms. The summed E-state index contributed by atoms with van der Waals surface area (Å²) in [7, 11) is -3.87. The summed E-state index contributed by atoms with van der Waals surface area (Å²) >= 11 is 0. The smallest absolute Gasteiger partial charge is 0.308 e. The van der Waals surface area contributed by atoms with E-state index in [0.29, 0.717) is 33.8 Å². The van der Waals surface area contributed by atoms with Gasteiger partial charge in [-0.25, -0.2) is 17.6 Å². The number of hydrogen-bond donors (Lipinski definition) is 3. The number of amides is 2. The highest BCUT2D eigenvalue weighted by Crippen LogP contribution is 2.26. The van der Waals surface area contributed by atoms with Gasteiger partial charge in [0.15, 0.2) is 0 Å². The van der Waals surface area contributed by atoms with Crippen LogP contribution in [-0.4, -0.2) is 14.4 Å². The molecule has 0 spiro atoms. The SMILES string of the molecule is Cc1cc(NC(=O)Nc2ccccc2)ccc1NS(=O)(=O)c1cccc(-c2ccc(F)cc2)c1. The normalized spacial score (nSPS) is 11.0. The second-order valence-electron chi connectivity index (χ2n) is 7.62. The Balaban J connectivity index is 1.48. The van der Waals surface area contributed by atoms with Crippen LogP contribution in [0, 0.1) is 12.7 Å². The van der Waals surface area contributed by atoms with E-state index in [4.69, 9.17) is 0 Å². The molecule has 172 valence electrons. The van der Waals surface area contributed by atoms with E-state index < -0.39 is 16.1 Å². The minimum absolute atomic E-state index is 0.0816. The van der Waals surface area contributed by atoms with Crippen molar-refractivity contribution in [3.05, 3.63) is 108 Å². The summed E-state index contributed by atoms with van der Waals surface area (Å²) in [5.74, 6) is -0.361. The summed E-state index contributed by atoms with van der Waals surface area (Å²) in [4.78, 5) is 12.3. The van der Waals surface area contributed by atoms with Crippen molar-refractivity contribution >= 4 is 33.1 Å². The first-order chi connectivity index (χ1) is 16.3. The zero-order chi connectivity index (χ0) is 24.1. The van der Waals surface area contributed by atoms with Gasteiger partial charge in [-0.2, -0.15) is 0 Å². The lowest BCUT2D eigenvalue weighted by atomic mass is 10.1. The second kappa shape index (κ2) is 9.76. The minimum Gasteiger partial charge on any atom is -0.308 e. The summed E-state index contributed by atoms with van der Waals surface area (Å²) in [6.45, 7) is 1.74. The Bertz CT molecular complexity index is 1420. The molecule has 0 aliphatic heterocycles. The van der Waals surface area contributed by atoms with Gasteiger partial charge in [-0.1, -0.05) is 42.5 Å². The molecule has 0 saturated heterocycles. The fraction of sp³-hybridized carbons (Fsp3) is 0.0385. The molecule has 34 heavy (non-hydrogen) atoms. The van der Waals surface area contributed by atoms with Crippen molar-refractivity contribution in [1.29, 1.82) is 0 Å². The Morgan fingerprint density at radius 2 is 1.44 bits per heavy atom. The van der Waals surface area contributed by atoms with Gasteiger partial charge >= 0.3 is 6.03 Å². The number of carbonyl (C=O) groups is 1. The van der Waals surface area contributed by atoms with Crippen molar-refractivity contribution in [1.82, 2.24) is 0 Å². The van der Waals surface area contributed by atoms with Gasteiger partial charge in [0, 0.05) is 11.4 Å². The predicted octanol–water partition coefficient (Wildman–Crippen LogP) is 6.25. The first kappa shape index (κ1) is 23.0. The minimum atomic E-state index is -3.87. The number of sulfonamides is 1. The maximum absolute atomic E-state index is 13.2. The van der Waals surface area contributed by atoms with Crippen molar-refractivity contribution in [2.24, 2.45) is 0 Å². The maximum Gasteiger partial charge on any atom is 0.323 e. The lowest BCUT2D eigenvalue weighted by molar-refractivity contribution is 0.262. The van der Waals surface area contributed by atoms with Crippen molar-refractivity contribution < 1.29 is 17.6 Å². The van der Waals surface area contributed by atoms with Crippen LogP contribution in [0.5, 0.6) is 0 Å². The Labute approximate surface area is 197 Å². The van der Waals surface area contributed by atoms with Gasteiger partial charge in [-0.3, -0.25) is 4.72 Å². The van der Waals surface area contributed by atoms with Crippen molar-refractivity contribution in [2.75, 3.05) is 15.4 Å². The molecule has 6 nitrogen and oxygen atoms in total. The fourth-order valence-corrected chi connectivity index (χ4v) is 4.54. The van der Waals surface area contributed by atoms with E-state index >= 15 is 0 Å². The van der Waals surface area contributed by atoms with E-state index in [1.54, 1.807) is 61.5 Å². The molecule has 0 bridgehead atoms. The molecule has 0 saturated carbocycles. The number of aryl methyl sites for hydroxylation is 1. The molecule has 0 aromatic heterocycles. The zero-order valence-electron chi connectivity index (χ0n) is 18.2. The van der Waals surface area contributed by atoms with E-state index in [1.165, 1.54) is 24.3 Å². The number of para-hydroxylation sites is 1. The van der Waals surface area contributed by atoms with Gasteiger partial charge in [0.25, 0.3) is 10.0 Å². The molecular formula is C26H22FN3O3S. The number of urea groups is 1. The molecule has 0 heterocycles. The number of benzene rings is 4. The quantitative estimate of drug-likeness (QED) is 0.308. The van der Waals surface area contributed by atoms with Crippen LogP contribution < -0.4 is 15.4 Å². The van der Waals surface area contributed by atoms with Gasteiger partial charge < -0.3 is 10.6 Å². The highest BCUT2D eigenvalue weighted by molar-refractivity contribution is 7.92. The Hall–Kier alpha value is -4.17. The third-order valence-corrected chi connectivity index (χ3v) is 6.45. The third kappa shape index (κ3) is 5.60. The molecule has 0 atom stereocenters. The van der Waals surface area contributed by atoms with Gasteiger partial charge in [0.05, 0.1) is 10.6 Å². The average molecular weight is 476 g/mol. The molecule has 3 N–H and O–H groups in total. The van der Waals surface area contributed by atoms with Crippen LogP contribution in [0.25, 0.3) is 11.1 Å². The highest BCUT2D eigenvalue weighted by Gasteiger charge is 2.16. The van der Waals surface area contributed by atoms with Crippen molar-refractivity contribution in [2.45, 2.75) is 11.8 Å². The van der Waals surface area contributed by atoms with Crippen molar-refractivity contribution in [3.8, 4) is 11.1 Å². The van der Waals surface area contributed by atoms with E-state index in [-0.39, 0.29) is 10.7 Å². The van der Waals surface area contributed by atoms with E-state index in [1.807, 2.05) is 18.2 Å². The Morgan fingerprint density at radius 1 is 0.735 bits per heavy atom. The predicted molar refractivity (Wildman–Crippen MR) is 133 cm³/mol. The van der Waals surface area contributed by atoms with E-state index in [9.17, 15) is 17.6 Å². The number of halogens is 1. The molecule has 0 aliphatic carbocycles. The Kier molecular flexibility index (Phi) is 6.60. The van der Waals surface area contributed by atoms with Crippen LogP contribution in [0.4, 0.5) is 26.2 Å². The number of rotatable bonds is 6. The second-order valence-corrected chi connectivity index (χ2v) is 9.30. The first-order valence-corrected chi connectivity index (χ1v) is 11.9. The van der Waals surface area contributed by atoms with Crippen LogP contribution in [0.15, 0.2) is 102 Å². The van der Waals surface area contributed by atoms with E-state index in [0.717, 1.165) is 0 Å². The molecule has 0 unspecified atom stereocenters. The fourth-order valence-electron chi connectivity index (χ4n) is 3.36. The lowest BCUT2D eigenvalue weighted by Gasteiger charge is -2.14. The first-order valence-electron chi connectivity index (χ1n) is 10.4. The molecule has 0 aliphatic rings.